The van der Waals surface area contributed by atoms with E-state index in [0.717, 1.165) is 68.1 Å². The molecule has 0 N–H and O–H groups in total. The van der Waals surface area contributed by atoms with Crippen LogP contribution in [0.3, 0.4) is 0 Å². The van der Waals surface area contributed by atoms with Crippen LogP contribution in [0.5, 0.6) is 11.5 Å². The maximum atomic E-state index is 12.8. The second-order valence-corrected chi connectivity index (χ2v) is 12.7. The van der Waals surface area contributed by atoms with Gasteiger partial charge in [-0.1, -0.05) is 37.9 Å². The van der Waals surface area contributed by atoms with Gasteiger partial charge in [-0.2, -0.15) is 0 Å². The summed E-state index contributed by atoms with van der Waals surface area (Å²) in [5, 5.41) is 0. The van der Waals surface area contributed by atoms with Gasteiger partial charge in [0.2, 0.25) is 0 Å². The molecule has 0 saturated heterocycles. The summed E-state index contributed by atoms with van der Waals surface area (Å²) in [6.07, 6.45) is 7.84. The first-order valence-electron chi connectivity index (χ1n) is 16.5. The fourth-order valence-corrected chi connectivity index (χ4v) is 6.72. The van der Waals surface area contributed by atoms with E-state index in [4.69, 9.17) is 28.4 Å². The number of carbonyl (C=O) groups is 3. The van der Waals surface area contributed by atoms with Crippen molar-refractivity contribution in [3.8, 4) is 22.6 Å². The summed E-state index contributed by atoms with van der Waals surface area (Å²) in [7, 11) is 4.54. The highest BCUT2D eigenvalue weighted by Gasteiger charge is 2.33. The molecule has 48 heavy (non-hydrogen) atoms. The molecule has 2 aliphatic carbocycles. The summed E-state index contributed by atoms with van der Waals surface area (Å²) >= 11 is 0. The van der Waals surface area contributed by atoms with E-state index in [1.165, 1.54) is 21.3 Å². The molecular formula is C39H48O9. The second-order valence-electron chi connectivity index (χ2n) is 12.7. The van der Waals surface area contributed by atoms with Crippen LogP contribution in [0.4, 0.5) is 0 Å². The first kappa shape index (κ1) is 36.8. The van der Waals surface area contributed by atoms with Crippen molar-refractivity contribution < 1.29 is 42.8 Å². The van der Waals surface area contributed by atoms with Gasteiger partial charge in [-0.25, -0.2) is 14.4 Å². The molecule has 2 aromatic rings. The molecule has 0 aromatic heterocycles. The molecule has 2 aliphatic rings. The lowest BCUT2D eigenvalue weighted by Gasteiger charge is -2.38. The number of hydrogen-bond acceptors (Lipinski definition) is 9. The van der Waals surface area contributed by atoms with Crippen molar-refractivity contribution in [2.45, 2.75) is 63.4 Å². The molecule has 0 radical (unpaired) electrons. The minimum absolute atomic E-state index is 0.0669. The lowest BCUT2D eigenvalue weighted by Crippen LogP contribution is -2.30. The van der Waals surface area contributed by atoms with Crippen LogP contribution in [0.25, 0.3) is 11.1 Å². The first-order valence-corrected chi connectivity index (χ1v) is 16.5. The molecule has 2 fully saturated rings. The van der Waals surface area contributed by atoms with Crippen LogP contribution in [0.15, 0.2) is 78.9 Å². The SMILES string of the molecule is C=C(COC)C(=O)Oc1ccc(-c2ccc(OC(=O)C(=C)COC)c(C3CCC(C4CCC(OC(=O)C(=C)COC)CC4)CC3)c2)cc1. The minimum Gasteiger partial charge on any atom is -0.459 e. The Labute approximate surface area is 283 Å². The third-order valence-corrected chi connectivity index (χ3v) is 9.30. The van der Waals surface area contributed by atoms with E-state index in [9.17, 15) is 14.4 Å². The van der Waals surface area contributed by atoms with E-state index < -0.39 is 11.9 Å². The van der Waals surface area contributed by atoms with Crippen molar-refractivity contribution in [2.75, 3.05) is 41.2 Å². The number of benzene rings is 2. The number of esters is 3. The molecule has 2 aromatic carbocycles. The molecule has 9 heteroatoms. The molecule has 0 aliphatic heterocycles. The molecule has 0 unspecified atom stereocenters. The third kappa shape index (κ3) is 9.98. The van der Waals surface area contributed by atoms with Gasteiger partial charge in [-0.05, 0) is 110 Å². The van der Waals surface area contributed by atoms with E-state index in [2.05, 4.69) is 25.8 Å². The molecule has 0 amide bonds. The molecule has 0 bridgehead atoms. The maximum absolute atomic E-state index is 12.8. The molecule has 0 atom stereocenters. The van der Waals surface area contributed by atoms with Gasteiger partial charge in [-0.15, -0.1) is 0 Å². The average Bonchev–Trinajstić information content (AvgIpc) is 3.09. The van der Waals surface area contributed by atoms with E-state index in [-0.39, 0.29) is 49.0 Å². The van der Waals surface area contributed by atoms with Gasteiger partial charge in [0.15, 0.2) is 0 Å². The zero-order valence-electron chi connectivity index (χ0n) is 28.4. The standard InChI is InChI=1S/C39H48O9/c1-25(22-43-4)37(40)46-33-16-11-29(12-17-33)28-7-9-31(10-8-28)35-21-32(15-20-36(35)48-39(42)27(3)24-45-6)30-13-18-34(19-14-30)47-38(41)26(2)23-44-5/h13-15,18-21,28-29,31,33H,1-3,7-12,16-17,22-24H2,4-6H3. The Balaban J connectivity index is 1.43. The number of methoxy groups -OCH3 is 3. The zero-order valence-corrected chi connectivity index (χ0v) is 28.4. The van der Waals surface area contributed by atoms with Crippen molar-refractivity contribution in [1.29, 1.82) is 0 Å². The van der Waals surface area contributed by atoms with Gasteiger partial charge in [-0.3, -0.25) is 0 Å². The Morgan fingerprint density at radius 2 is 1.08 bits per heavy atom. The molecular weight excluding hydrogens is 612 g/mol. The summed E-state index contributed by atoms with van der Waals surface area (Å²) < 4.78 is 32.0. The molecule has 0 heterocycles. The quantitative estimate of drug-likeness (QED) is 0.112. The van der Waals surface area contributed by atoms with E-state index in [1.807, 2.05) is 24.3 Å². The van der Waals surface area contributed by atoms with Crippen LogP contribution in [0.2, 0.25) is 0 Å². The van der Waals surface area contributed by atoms with Crippen LogP contribution in [0, 0.1) is 11.8 Å². The van der Waals surface area contributed by atoms with Crippen LogP contribution < -0.4 is 9.47 Å². The van der Waals surface area contributed by atoms with Crippen molar-refractivity contribution in [3.05, 3.63) is 84.5 Å². The summed E-state index contributed by atoms with van der Waals surface area (Å²) in [4.78, 5) is 37.3. The molecule has 2 saturated carbocycles. The zero-order chi connectivity index (χ0) is 34.6. The topological polar surface area (TPSA) is 107 Å². The van der Waals surface area contributed by atoms with Gasteiger partial charge in [0, 0.05) is 21.3 Å². The van der Waals surface area contributed by atoms with Crippen molar-refractivity contribution in [2.24, 2.45) is 11.8 Å². The van der Waals surface area contributed by atoms with E-state index >= 15 is 0 Å². The largest absolute Gasteiger partial charge is 0.459 e. The Kier molecular flexibility index (Phi) is 13.7. The number of hydrogen-bond donors (Lipinski definition) is 0. The molecule has 0 spiro atoms. The lowest BCUT2D eigenvalue weighted by molar-refractivity contribution is -0.147. The van der Waals surface area contributed by atoms with Crippen LogP contribution >= 0.6 is 0 Å². The van der Waals surface area contributed by atoms with E-state index in [1.54, 1.807) is 12.1 Å². The Morgan fingerprint density at radius 1 is 0.604 bits per heavy atom. The molecule has 9 nitrogen and oxygen atoms in total. The Morgan fingerprint density at radius 3 is 1.62 bits per heavy atom. The van der Waals surface area contributed by atoms with Crippen LogP contribution in [-0.2, 0) is 33.3 Å². The fraction of sp³-hybridized carbons (Fsp3) is 0.462. The normalized spacial score (nSPS) is 20.7. The monoisotopic (exact) mass is 660 g/mol. The summed E-state index contributed by atoms with van der Waals surface area (Å²) in [5.74, 6) is 0.948. The minimum atomic E-state index is -0.538. The maximum Gasteiger partial charge on any atom is 0.341 e. The molecule has 4 rings (SSSR count). The summed E-state index contributed by atoms with van der Waals surface area (Å²) in [6.45, 7) is 11.6. The highest BCUT2D eigenvalue weighted by molar-refractivity contribution is 5.90. The van der Waals surface area contributed by atoms with Crippen molar-refractivity contribution in [1.82, 2.24) is 0 Å². The highest BCUT2D eigenvalue weighted by Crippen LogP contribution is 2.46. The number of carbonyl (C=O) groups excluding carboxylic acids is 3. The van der Waals surface area contributed by atoms with Gasteiger partial charge >= 0.3 is 17.9 Å². The van der Waals surface area contributed by atoms with Gasteiger partial charge in [0.25, 0.3) is 0 Å². The average molecular weight is 661 g/mol. The van der Waals surface area contributed by atoms with E-state index in [0.29, 0.717) is 28.9 Å². The smallest absolute Gasteiger partial charge is 0.341 e. The fourth-order valence-electron chi connectivity index (χ4n) is 6.72. The van der Waals surface area contributed by atoms with Gasteiger partial charge < -0.3 is 28.4 Å². The second kappa shape index (κ2) is 17.9. The van der Waals surface area contributed by atoms with Crippen molar-refractivity contribution in [3.63, 3.8) is 0 Å². The first-order chi connectivity index (χ1) is 23.1. The van der Waals surface area contributed by atoms with Gasteiger partial charge in [0.1, 0.15) is 17.6 Å². The Bertz CT molecular complexity index is 1460. The summed E-state index contributed by atoms with van der Waals surface area (Å²) in [6, 6.07) is 13.1. The number of rotatable bonds is 15. The van der Waals surface area contributed by atoms with Gasteiger partial charge in [0.05, 0.1) is 36.5 Å². The lowest BCUT2D eigenvalue weighted by atomic mass is 9.69. The predicted octanol–water partition coefficient (Wildman–Crippen LogP) is 7.15. The number of ether oxygens (including phenoxy) is 6. The van der Waals surface area contributed by atoms with Crippen LogP contribution in [0.1, 0.15) is 62.8 Å². The summed E-state index contributed by atoms with van der Waals surface area (Å²) in [5.41, 5.74) is 3.72. The third-order valence-electron chi connectivity index (χ3n) is 9.30. The molecule has 258 valence electrons. The van der Waals surface area contributed by atoms with Crippen LogP contribution in [-0.4, -0.2) is 65.2 Å². The predicted molar refractivity (Wildman–Crippen MR) is 183 cm³/mol. The van der Waals surface area contributed by atoms with Crippen molar-refractivity contribution >= 4 is 17.9 Å². The highest BCUT2D eigenvalue weighted by atomic mass is 16.6. The Hall–Kier alpha value is -4.05.